The minimum absolute atomic E-state index is 0.0355. The molecule has 17 heavy (non-hydrogen) atoms. The summed E-state index contributed by atoms with van der Waals surface area (Å²) >= 11 is 1.48. The molecule has 1 amide bonds. The van der Waals surface area contributed by atoms with E-state index in [0.29, 0.717) is 12.2 Å². The molecule has 4 heteroatoms. The number of carbonyl (C=O) groups is 1. The summed E-state index contributed by atoms with van der Waals surface area (Å²) in [6.07, 6.45) is 2.56. The number of nitrogen functional groups attached to an aromatic ring is 1. The van der Waals surface area contributed by atoms with E-state index in [-0.39, 0.29) is 5.91 Å². The van der Waals surface area contributed by atoms with Crippen LogP contribution in [0.4, 0.5) is 5.69 Å². The molecule has 0 spiro atoms. The third-order valence-electron chi connectivity index (χ3n) is 2.40. The van der Waals surface area contributed by atoms with Crippen molar-refractivity contribution in [1.29, 1.82) is 0 Å². The van der Waals surface area contributed by atoms with Crippen molar-refractivity contribution in [3.8, 4) is 0 Å². The summed E-state index contributed by atoms with van der Waals surface area (Å²) in [5.74, 6) is -0.0355. The lowest BCUT2D eigenvalue weighted by Gasteiger charge is -1.99. The number of rotatable bonds is 4. The van der Waals surface area contributed by atoms with Gasteiger partial charge in [-0.2, -0.15) is 0 Å². The molecule has 0 saturated heterocycles. The van der Waals surface area contributed by atoms with Gasteiger partial charge in [-0.15, -0.1) is 17.9 Å². The molecule has 2 rings (SSSR count). The number of benzene rings is 1. The third kappa shape index (κ3) is 2.65. The number of nitrogens with one attached hydrogen (secondary N) is 1. The number of hydrogen-bond acceptors (Lipinski definition) is 3. The molecule has 3 nitrogen and oxygen atoms in total. The molecule has 0 fully saturated rings. The third-order valence-corrected chi connectivity index (χ3v) is 3.51. The Kier molecular flexibility index (Phi) is 3.44. The number of nitrogens with two attached hydrogens (primary N) is 1. The van der Waals surface area contributed by atoms with Crippen LogP contribution in [-0.2, 0) is 0 Å². The highest BCUT2D eigenvalue weighted by atomic mass is 32.1. The SMILES string of the molecule is C=CCCNC(=O)c1cc2cc(N)ccc2s1. The number of anilines is 1. The molecule has 0 aliphatic rings. The van der Waals surface area contributed by atoms with Crippen LogP contribution in [0, 0.1) is 0 Å². The molecule has 1 aromatic carbocycles. The summed E-state index contributed by atoms with van der Waals surface area (Å²) in [5, 5.41) is 3.86. The maximum atomic E-state index is 11.8. The van der Waals surface area contributed by atoms with Gasteiger partial charge in [-0.1, -0.05) is 6.08 Å². The van der Waals surface area contributed by atoms with Crippen LogP contribution < -0.4 is 11.1 Å². The molecular formula is C13H14N2OS. The van der Waals surface area contributed by atoms with E-state index in [1.165, 1.54) is 11.3 Å². The van der Waals surface area contributed by atoms with Gasteiger partial charge in [0.2, 0.25) is 0 Å². The van der Waals surface area contributed by atoms with Crippen LogP contribution in [0.25, 0.3) is 10.1 Å². The summed E-state index contributed by atoms with van der Waals surface area (Å²) < 4.78 is 1.08. The Bertz CT molecular complexity index is 560. The molecule has 1 heterocycles. The summed E-state index contributed by atoms with van der Waals surface area (Å²) in [7, 11) is 0. The maximum absolute atomic E-state index is 11.8. The number of hydrogen-bond donors (Lipinski definition) is 2. The summed E-state index contributed by atoms with van der Waals surface area (Å²) in [4.78, 5) is 12.5. The van der Waals surface area contributed by atoms with Crippen molar-refractivity contribution in [3.63, 3.8) is 0 Å². The zero-order valence-corrected chi connectivity index (χ0v) is 10.2. The van der Waals surface area contributed by atoms with Gasteiger partial charge in [0.15, 0.2) is 0 Å². The van der Waals surface area contributed by atoms with Gasteiger partial charge in [0, 0.05) is 16.9 Å². The fraction of sp³-hybridized carbons (Fsp3) is 0.154. The molecule has 88 valence electrons. The largest absolute Gasteiger partial charge is 0.399 e. The predicted octanol–water partition coefficient (Wildman–Crippen LogP) is 2.79. The summed E-state index contributed by atoms with van der Waals surface area (Å²) in [6.45, 7) is 4.24. The fourth-order valence-corrected chi connectivity index (χ4v) is 2.51. The molecule has 0 atom stereocenters. The zero-order chi connectivity index (χ0) is 12.3. The Morgan fingerprint density at radius 1 is 1.47 bits per heavy atom. The van der Waals surface area contributed by atoms with Gasteiger partial charge in [0.05, 0.1) is 4.88 Å². The van der Waals surface area contributed by atoms with Crippen molar-refractivity contribution < 1.29 is 4.79 Å². The van der Waals surface area contributed by atoms with Gasteiger partial charge in [-0.3, -0.25) is 4.79 Å². The fourth-order valence-electron chi connectivity index (χ4n) is 1.55. The van der Waals surface area contributed by atoms with Gasteiger partial charge >= 0.3 is 0 Å². The predicted molar refractivity (Wildman–Crippen MR) is 73.4 cm³/mol. The smallest absolute Gasteiger partial charge is 0.261 e. The van der Waals surface area contributed by atoms with Crippen LogP contribution in [0.5, 0.6) is 0 Å². The van der Waals surface area contributed by atoms with E-state index in [9.17, 15) is 4.79 Å². The maximum Gasteiger partial charge on any atom is 0.261 e. The van der Waals surface area contributed by atoms with E-state index in [4.69, 9.17) is 5.73 Å². The monoisotopic (exact) mass is 246 g/mol. The quantitative estimate of drug-likeness (QED) is 0.495. The number of carbonyl (C=O) groups excluding carboxylic acids is 1. The second-order valence-electron chi connectivity index (χ2n) is 3.74. The van der Waals surface area contributed by atoms with E-state index < -0.39 is 0 Å². The van der Waals surface area contributed by atoms with E-state index in [1.807, 2.05) is 24.3 Å². The average molecular weight is 246 g/mol. The van der Waals surface area contributed by atoms with E-state index in [1.54, 1.807) is 6.08 Å². The first kappa shape index (κ1) is 11.7. The number of thiophene rings is 1. The molecule has 0 unspecified atom stereocenters. The average Bonchev–Trinajstić information content (AvgIpc) is 2.72. The van der Waals surface area contributed by atoms with Crippen molar-refractivity contribution in [2.24, 2.45) is 0 Å². The van der Waals surface area contributed by atoms with Crippen LogP contribution in [0.2, 0.25) is 0 Å². The first-order chi connectivity index (χ1) is 8.20. The van der Waals surface area contributed by atoms with Gasteiger partial charge in [0.25, 0.3) is 5.91 Å². The van der Waals surface area contributed by atoms with Gasteiger partial charge < -0.3 is 11.1 Å². The van der Waals surface area contributed by atoms with Crippen LogP contribution in [0.3, 0.4) is 0 Å². The lowest BCUT2D eigenvalue weighted by Crippen LogP contribution is -2.22. The van der Waals surface area contributed by atoms with E-state index in [0.717, 1.165) is 21.4 Å². The number of amides is 1. The Labute approximate surface area is 104 Å². The normalized spacial score (nSPS) is 10.4. The molecule has 0 saturated carbocycles. The van der Waals surface area contributed by atoms with E-state index in [2.05, 4.69) is 11.9 Å². The lowest BCUT2D eigenvalue weighted by molar-refractivity contribution is 0.0958. The van der Waals surface area contributed by atoms with Crippen LogP contribution in [0.15, 0.2) is 36.9 Å². The molecule has 1 aromatic heterocycles. The highest BCUT2D eigenvalue weighted by molar-refractivity contribution is 7.20. The Morgan fingerprint density at radius 2 is 2.29 bits per heavy atom. The molecule has 0 bridgehead atoms. The minimum Gasteiger partial charge on any atom is -0.399 e. The molecule has 0 aliphatic heterocycles. The number of fused-ring (bicyclic) bond motifs is 1. The molecule has 2 aromatic rings. The van der Waals surface area contributed by atoms with Crippen molar-refractivity contribution in [1.82, 2.24) is 5.32 Å². The molecule has 3 N–H and O–H groups in total. The lowest BCUT2D eigenvalue weighted by atomic mass is 10.2. The van der Waals surface area contributed by atoms with Crippen molar-refractivity contribution in [2.45, 2.75) is 6.42 Å². The van der Waals surface area contributed by atoms with Crippen LogP contribution >= 0.6 is 11.3 Å². The first-order valence-electron chi connectivity index (χ1n) is 5.39. The summed E-state index contributed by atoms with van der Waals surface area (Å²) in [5.41, 5.74) is 6.42. The Balaban J connectivity index is 2.18. The van der Waals surface area contributed by atoms with Gasteiger partial charge in [-0.05, 0) is 36.1 Å². The Morgan fingerprint density at radius 3 is 3.06 bits per heavy atom. The second-order valence-corrected chi connectivity index (χ2v) is 4.82. The van der Waals surface area contributed by atoms with Crippen LogP contribution in [-0.4, -0.2) is 12.5 Å². The molecular weight excluding hydrogens is 232 g/mol. The Hall–Kier alpha value is -1.81. The highest BCUT2D eigenvalue weighted by Crippen LogP contribution is 2.27. The van der Waals surface area contributed by atoms with Crippen molar-refractivity contribution in [3.05, 3.63) is 41.8 Å². The van der Waals surface area contributed by atoms with Gasteiger partial charge in [0.1, 0.15) is 0 Å². The standard InChI is InChI=1S/C13H14N2OS/c1-2-3-6-15-13(16)12-8-9-7-10(14)4-5-11(9)17-12/h2,4-5,7-8H,1,3,6,14H2,(H,15,16). The zero-order valence-electron chi connectivity index (χ0n) is 9.40. The molecule has 0 radical (unpaired) electrons. The highest BCUT2D eigenvalue weighted by Gasteiger charge is 2.09. The second kappa shape index (κ2) is 5.01. The summed E-state index contributed by atoms with van der Waals surface area (Å²) in [6, 6.07) is 7.54. The van der Waals surface area contributed by atoms with E-state index >= 15 is 0 Å². The first-order valence-corrected chi connectivity index (χ1v) is 6.20. The van der Waals surface area contributed by atoms with Crippen molar-refractivity contribution >= 4 is 33.0 Å². The topological polar surface area (TPSA) is 55.1 Å². The van der Waals surface area contributed by atoms with Crippen molar-refractivity contribution in [2.75, 3.05) is 12.3 Å². The minimum atomic E-state index is -0.0355. The molecule has 0 aliphatic carbocycles. The van der Waals surface area contributed by atoms with Gasteiger partial charge in [-0.25, -0.2) is 0 Å². The van der Waals surface area contributed by atoms with Crippen LogP contribution in [0.1, 0.15) is 16.1 Å².